The van der Waals surface area contributed by atoms with Crippen LogP contribution in [0.1, 0.15) is 67.9 Å². The summed E-state index contributed by atoms with van der Waals surface area (Å²) in [6.45, 7) is 3.03. The average molecular weight is 318 g/mol. The Bertz CT molecular complexity index is 630. The Morgan fingerprint density at radius 3 is 2.78 bits per heavy atom. The van der Waals surface area contributed by atoms with Crippen LogP contribution in [0.15, 0.2) is 10.9 Å². The van der Waals surface area contributed by atoms with Crippen LogP contribution < -0.4 is 15.6 Å². The Morgan fingerprint density at radius 2 is 2.04 bits per heavy atom. The molecular weight excluding hydrogens is 292 g/mol. The normalized spacial score (nSPS) is 18.3. The second-order valence-corrected chi connectivity index (χ2v) is 6.52. The molecule has 2 aliphatic rings. The van der Waals surface area contributed by atoms with Gasteiger partial charge in [0.1, 0.15) is 11.3 Å². The van der Waals surface area contributed by atoms with Crippen LogP contribution in [0.2, 0.25) is 0 Å². The SMILES string of the molecule is CCOc1cc(=O)n2c(c1C(=O)NC1CCCC1)CCCCC2. The van der Waals surface area contributed by atoms with Gasteiger partial charge in [-0.2, -0.15) is 0 Å². The van der Waals surface area contributed by atoms with Gasteiger partial charge in [0, 0.05) is 24.3 Å². The van der Waals surface area contributed by atoms with E-state index in [0.29, 0.717) is 24.5 Å². The zero-order valence-electron chi connectivity index (χ0n) is 13.9. The molecule has 1 fully saturated rings. The minimum atomic E-state index is -0.0778. The summed E-state index contributed by atoms with van der Waals surface area (Å²) >= 11 is 0. The molecule has 1 aromatic heterocycles. The molecule has 2 heterocycles. The first-order chi connectivity index (χ1) is 11.2. The van der Waals surface area contributed by atoms with Crippen molar-refractivity contribution in [1.82, 2.24) is 9.88 Å². The van der Waals surface area contributed by atoms with Crippen molar-refractivity contribution in [3.05, 3.63) is 27.7 Å². The van der Waals surface area contributed by atoms with Crippen LogP contribution >= 0.6 is 0 Å². The van der Waals surface area contributed by atoms with Crippen LogP contribution in [0, 0.1) is 0 Å². The lowest BCUT2D eigenvalue weighted by molar-refractivity contribution is 0.0931. The van der Waals surface area contributed by atoms with Gasteiger partial charge in [0.15, 0.2) is 0 Å². The predicted octanol–water partition coefficient (Wildman–Crippen LogP) is 2.65. The van der Waals surface area contributed by atoms with Crippen molar-refractivity contribution in [2.24, 2.45) is 0 Å². The summed E-state index contributed by atoms with van der Waals surface area (Å²) in [5, 5.41) is 3.15. The van der Waals surface area contributed by atoms with Crippen molar-refractivity contribution in [3.63, 3.8) is 0 Å². The van der Waals surface area contributed by atoms with E-state index in [4.69, 9.17) is 4.74 Å². The Hall–Kier alpha value is -1.78. The van der Waals surface area contributed by atoms with Crippen LogP contribution in [-0.4, -0.2) is 23.1 Å². The third-order valence-corrected chi connectivity index (χ3v) is 4.89. The minimum absolute atomic E-state index is 0.0530. The number of nitrogens with zero attached hydrogens (tertiary/aromatic N) is 1. The first kappa shape index (κ1) is 16.1. The highest BCUT2D eigenvalue weighted by Crippen LogP contribution is 2.26. The maximum Gasteiger partial charge on any atom is 0.257 e. The van der Waals surface area contributed by atoms with Gasteiger partial charge in [-0.15, -0.1) is 0 Å². The molecule has 1 amide bonds. The van der Waals surface area contributed by atoms with Gasteiger partial charge in [-0.3, -0.25) is 9.59 Å². The Labute approximate surface area is 137 Å². The first-order valence-electron chi connectivity index (χ1n) is 8.91. The first-order valence-corrected chi connectivity index (χ1v) is 8.91. The summed E-state index contributed by atoms with van der Waals surface area (Å²) in [4.78, 5) is 25.3. The molecule has 0 spiro atoms. The number of fused-ring (bicyclic) bond motifs is 1. The smallest absolute Gasteiger partial charge is 0.257 e. The van der Waals surface area contributed by atoms with Crippen molar-refractivity contribution < 1.29 is 9.53 Å². The molecule has 1 aliphatic carbocycles. The van der Waals surface area contributed by atoms with Crippen LogP contribution in [0.25, 0.3) is 0 Å². The number of carbonyl (C=O) groups is 1. The van der Waals surface area contributed by atoms with Crippen molar-refractivity contribution >= 4 is 5.91 Å². The summed E-state index contributed by atoms with van der Waals surface area (Å²) < 4.78 is 7.41. The van der Waals surface area contributed by atoms with Crippen LogP contribution in [-0.2, 0) is 13.0 Å². The number of rotatable bonds is 4. The lowest BCUT2D eigenvalue weighted by Crippen LogP contribution is -2.36. The van der Waals surface area contributed by atoms with E-state index in [1.165, 1.54) is 18.9 Å². The Balaban J connectivity index is 2.00. The van der Waals surface area contributed by atoms with E-state index in [0.717, 1.165) is 44.2 Å². The molecule has 0 radical (unpaired) electrons. The van der Waals surface area contributed by atoms with Gasteiger partial charge in [0.05, 0.1) is 6.61 Å². The zero-order valence-corrected chi connectivity index (χ0v) is 13.9. The number of amides is 1. The maximum absolute atomic E-state index is 12.9. The van der Waals surface area contributed by atoms with Crippen molar-refractivity contribution in [1.29, 1.82) is 0 Å². The Kier molecular flexibility index (Phi) is 5.03. The summed E-state index contributed by atoms with van der Waals surface area (Å²) in [5.74, 6) is 0.368. The standard InChI is InChI=1S/C18H26N2O3/c1-2-23-15-12-16(21)20-11-7-3-4-10-14(20)17(15)18(22)19-13-8-5-6-9-13/h12-13H,2-11H2,1H3,(H,19,22). The number of ether oxygens (including phenoxy) is 1. The summed E-state index contributed by atoms with van der Waals surface area (Å²) in [5.41, 5.74) is 1.39. The summed E-state index contributed by atoms with van der Waals surface area (Å²) in [7, 11) is 0. The minimum Gasteiger partial charge on any atom is -0.493 e. The number of pyridine rings is 1. The molecule has 23 heavy (non-hydrogen) atoms. The van der Waals surface area contributed by atoms with E-state index < -0.39 is 0 Å². The quantitative estimate of drug-likeness (QED) is 0.928. The third-order valence-electron chi connectivity index (χ3n) is 4.89. The van der Waals surface area contributed by atoms with Crippen molar-refractivity contribution in [2.45, 2.75) is 70.9 Å². The van der Waals surface area contributed by atoms with E-state index in [2.05, 4.69) is 5.32 Å². The van der Waals surface area contributed by atoms with Gasteiger partial charge in [-0.25, -0.2) is 0 Å². The lowest BCUT2D eigenvalue weighted by atomic mass is 10.1. The lowest BCUT2D eigenvalue weighted by Gasteiger charge is -2.20. The van der Waals surface area contributed by atoms with Gasteiger partial charge in [-0.1, -0.05) is 19.3 Å². The van der Waals surface area contributed by atoms with Crippen LogP contribution in [0.3, 0.4) is 0 Å². The molecular formula is C18H26N2O3. The van der Waals surface area contributed by atoms with E-state index in [1.807, 2.05) is 6.92 Å². The largest absolute Gasteiger partial charge is 0.493 e. The monoisotopic (exact) mass is 318 g/mol. The van der Waals surface area contributed by atoms with Gasteiger partial charge in [-0.05, 0) is 39.0 Å². The third kappa shape index (κ3) is 3.43. The molecule has 1 aromatic rings. The molecule has 5 heteroatoms. The molecule has 0 unspecified atom stereocenters. The van der Waals surface area contributed by atoms with Gasteiger partial charge >= 0.3 is 0 Å². The molecule has 1 N–H and O–H groups in total. The summed E-state index contributed by atoms with van der Waals surface area (Å²) in [6, 6.07) is 1.75. The summed E-state index contributed by atoms with van der Waals surface area (Å²) in [6.07, 6.45) is 8.31. The van der Waals surface area contributed by atoms with Crippen LogP contribution in [0.5, 0.6) is 5.75 Å². The fourth-order valence-corrected chi connectivity index (χ4v) is 3.76. The molecule has 0 bridgehead atoms. The molecule has 5 nitrogen and oxygen atoms in total. The molecule has 126 valence electrons. The molecule has 1 aliphatic heterocycles. The predicted molar refractivity (Wildman–Crippen MR) is 89.1 cm³/mol. The van der Waals surface area contributed by atoms with Gasteiger partial charge < -0.3 is 14.6 Å². The molecule has 0 saturated heterocycles. The van der Waals surface area contributed by atoms with Crippen molar-refractivity contribution in [2.75, 3.05) is 6.61 Å². The van der Waals surface area contributed by atoms with E-state index >= 15 is 0 Å². The molecule has 3 rings (SSSR count). The number of carbonyl (C=O) groups excluding carboxylic acids is 1. The van der Waals surface area contributed by atoms with E-state index in [1.54, 1.807) is 4.57 Å². The average Bonchev–Trinajstić information content (AvgIpc) is 2.90. The fraction of sp³-hybridized carbons (Fsp3) is 0.667. The molecule has 1 saturated carbocycles. The number of nitrogens with one attached hydrogen (secondary N) is 1. The van der Waals surface area contributed by atoms with Gasteiger partial charge in [0.25, 0.3) is 11.5 Å². The van der Waals surface area contributed by atoms with E-state index in [9.17, 15) is 9.59 Å². The number of hydrogen-bond donors (Lipinski definition) is 1. The highest BCUT2D eigenvalue weighted by atomic mass is 16.5. The molecule has 0 atom stereocenters. The molecule has 0 aromatic carbocycles. The van der Waals surface area contributed by atoms with Gasteiger partial charge in [0.2, 0.25) is 0 Å². The number of hydrogen-bond acceptors (Lipinski definition) is 3. The highest BCUT2D eigenvalue weighted by Gasteiger charge is 2.26. The second kappa shape index (κ2) is 7.20. The van der Waals surface area contributed by atoms with Crippen molar-refractivity contribution in [3.8, 4) is 5.75 Å². The highest BCUT2D eigenvalue weighted by molar-refractivity contribution is 5.98. The van der Waals surface area contributed by atoms with Crippen LogP contribution in [0.4, 0.5) is 0 Å². The fourth-order valence-electron chi connectivity index (χ4n) is 3.76. The number of aromatic nitrogens is 1. The van der Waals surface area contributed by atoms with E-state index in [-0.39, 0.29) is 17.5 Å². The topological polar surface area (TPSA) is 60.3 Å². The second-order valence-electron chi connectivity index (χ2n) is 6.52. The Morgan fingerprint density at radius 1 is 1.26 bits per heavy atom. The maximum atomic E-state index is 12.9. The zero-order chi connectivity index (χ0) is 16.2.